The van der Waals surface area contributed by atoms with E-state index in [1.165, 1.54) is 0 Å². The molecule has 2 heterocycles. The topological polar surface area (TPSA) is 33.2 Å². The quantitative estimate of drug-likeness (QED) is 0.783. The summed E-state index contributed by atoms with van der Waals surface area (Å²) in [4.78, 5) is 19.2. The molecule has 1 aliphatic rings. The minimum atomic E-state index is 0.0269. The monoisotopic (exact) mass is 266 g/mol. The first-order valence-corrected chi connectivity index (χ1v) is 6.80. The number of rotatable bonds is 2. The van der Waals surface area contributed by atoms with Crippen LogP contribution in [-0.2, 0) is 5.41 Å². The molecule has 20 heavy (non-hydrogen) atoms. The molecule has 0 atom stereocenters. The first-order chi connectivity index (χ1) is 9.49. The number of carbonyl (C=O) groups excluding carboxylic acids is 1. The summed E-state index contributed by atoms with van der Waals surface area (Å²) in [6.07, 6.45) is 1.70. The van der Waals surface area contributed by atoms with Gasteiger partial charge >= 0.3 is 0 Å². The predicted octanol–water partition coefficient (Wildman–Crippen LogP) is 3.04. The van der Waals surface area contributed by atoms with Gasteiger partial charge in [0.2, 0.25) is 0 Å². The van der Waals surface area contributed by atoms with E-state index in [1.54, 1.807) is 6.20 Å². The van der Waals surface area contributed by atoms with Gasteiger partial charge in [0.05, 0.1) is 11.4 Å². The number of ketones is 1. The van der Waals surface area contributed by atoms with Gasteiger partial charge in [0, 0.05) is 36.3 Å². The predicted molar refractivity (Wildman–Crippen MR) is 80.4 cm³/mol. The van der Waals surface area contributed by atoms with E-state index in [2.05, 4.69) is 23.7 Å². The molecule has 102 valence electrons. The molecule has 0 N–H and O–H groups in total. The largest absolute Gasteiger partial charge is 0.372 e. The van der Waals surface area contributed by atoms with Gasteiger partial charge in [0.25, 0.3) is 0 Å². The van der Waals surface area contributed by atoms with Crippen LogP contribution >= 0.6 is 0 Å². The van der Waals surface area contributed by atoms with E-state index in [0.29, 0.717) is 11.1 Å². The second-order valence-electron chi connectivity index (χ2n) is 6.03. The molecule has 0 amide bonds. The Kier molecular flexibility index (Phi) is 2.85. The van der Waals surface area contributed by atoms with Crippen molar-refractivity contribution >= 4 is 11.5 Å². The third-order valence-electron chi connectivity index (χ3n) is 3.85. The third-order valence-corrected chi connectivity index (χ3v) is 3.85. The fraction of sp³-hybridized carbons (Fsp3) is 0.294. The van der Waals surface area contributed by atoms with Crippen molar-refractivity contribution in [3.05, 3.63) is 59.4 Å². The van der Waals surface area contributed by atoms with Crippen molar-refractivity contribution in [2.45, 2.75) is 19.3 Å². The van der Waals surface area contributed by atoms with Gasteiger partial charge in [0.1, 0.15) is 0 Å². The molecule has 0 aliphatic carbocycles. The Morgan fingerprint density at radius 1 is 1.20 bits per heavy atom. The molecule has 0 fully saturated rings. The van der Waals surface area contributed by atoms with Crippen LogP contribution in [0, 0.1) is 0 Å². The molecule has 0 spiro atoms. The Labute approximate surface area is 119 Å². The molecule has 3 rings (SSSR count). The van der Waals surface area contributed by atoms with Gasteiger partial charge in [-0.1, -0.05) is 44.2 Å². The molecule has 3 heteroatoms. The van der Waals surface area contributed by atoms with Crippen molar-refractivity contribution in [1.29, 1.82) is 0 Å². The summed E-state index contributed by atoms with van der Waals surface area (Å²) in [6.45, 7) is 5.29. The van der Waals surface area contributed by atoms with Gasteiger partial charge in [-0.15, -0.1) is 0 Å². The number of fused-ring (bicyclic) bond motifs is 1. The van der Waals surface area contributed by atoms with Gasteiger partial charge in [-0.2, -0.15) is 0 Å². The zero-order chi connectivity index (χ0) is 14.3. The van der Waals surface area contributed by atoms with Crippen LogP contribution in [-0.4, -0.2) is 24.4 Å². The van der Waals surface area contributed by atoms with Crippen molar-refractivity contribution in [3.63, 3.8) is 0 Å². The highest BCUT2D eigenvalue weighted by Crippen LogP contribution is 2.38. The molecule has 3 nitrogen and oxygen atoms in total. The molecule has 0 saturated heterocycles. The number of hydrogen-bond donors (Lipinski definition) is 0. The Balaban J connectivity index is 2.02. The number of hydrogen-bond acceptors (Lipinski definition) is 3. The van der Waals surface area contributed by atoms with Crippen LogP contribution < -0.4 is 4.90 Å². The lowest BCUT2D eigenvalue weighted by molar-refractivity contribution is 0.103. The van der Waals surface area contributed by atoms with Crippen LogP contribution in [0.15, 0.2) is 42.6 Å². The summed E-state index contributed by atoms with van der Waals surface area (Å²) >= 11 is 0. The highest BCUT2D eigenvalue weighted by molar-refractivity contribution is 6.09. The summed E-state index contributed by atoms with van der Waals surface area (Å²) in [7, 11) is 2.05. The average Bonchev–Trinajstić information content (AvgIpc) is 2.68. The van der Waals surface area contributed by atoms with E-state index in [-0.39, 0.29) is 11.2 Å². The smallest absolute Gasteiger partial charge is 0.194 e. The summed E-state index contributed by atoms with van der Waals surface area (Å²) < 4.78 is 0. The van der Waals surface area contributed by atoms with E-state index in [9.17, 15) is 4.79 Å². The minimum Gasteiger partial charge on any atom is -0.372 e. The van der Waals surface area contributed by atoms with E-state index in [0.717, 1.165) is 17.9 Å². The Morgan fingerprint density at radius 2 is 1.90 bits per heavy atom. The van der Waals surface area contributed by atoms with Gasteiger partial charge in [-0.3, -0.25) is 9.78 Å². The second kappa shape index (κ2) is 4.44. The molecule has 0 saturated carbocycles. The van der Waals surface area contributed by atoms with Crippen LogP contribution in [0.3, 0.4) is 0 Å². The van der Waals surface area contributed by atoms with E-state index in [4.69, 9.17) is 0 Å². The number of pyridine rings is 1. The Hall–Kier alpha value is -2.16. The molecule has 1 aromatic carbocycles. The first kappa shape index (κ1) is 12.9. The normalized spacial score (nSPS) is 16.1. The maximum atomic E-state index is 12.5. The van der Waals surface area contributed by atoms with Gasteiger partial charge < -0.3 is 4.90 Å². The molecular formula is C17H18N2O. The standard InChI is InChI=1S/C17H18N2O/c1-17(2)11-19(3)14-9-13(10-18-16(14)17)15(20)12-7-5-4-6-8-12/h4-10H,11H2,1-3H3. The summed E-state index contributed by atoms with van der Waals surface area (Å²) in [5.41, 5.74) is 3.54. The van der Waals surface area contributed by atoms with E-state index < -0.39 is 0 Å². The zero-order valence-corrected chi connectivity index (χ0v) is 12.1. The zero-order valence-electron chi connectivity index (χ0n) is 12.1. The lowest BCUT2D eigenvalue weighted by Crippen LogP contribution is -2.25. The minimum absolute atomic E-state index is 0.0269. The third kappa shape index (κ3) is 1.99. The number of nitrogens with zero attached hydrogens (tertiary/aromatic N) is 2. The Morgan fingerprint density at radius 3 is 2.60 bits per heavy atom. The maximum Gasteiger partial charge on any atom is 0.194 e. The van der Waals surface area contributed by atoms with Crippen LogP contribution in [0.25, 0.3) is 0 Å². The summed E-state index contributed by atoms with van der Waals surface area (Å²) in [5, 5.41) is 0. The lowest BCUT2D eigenvalue weighted by atomic mass is 9.91. The van der Waals surface area contributed by atoms with Gasteiger partial charge in [0.15, 0.2) is 5.78 Å². The SMILES string of the molecule is CN1CC(C)(C)c2ncc(C(=O)c3ccccc3)cc21. The number of likely N-dealkylation sites (N-methyl/N-ethyl adjacent to an activating group) is 1. The molecular weight excluding hydrogens is 248 g/mol. The molecule has 0 bridgehead atoms. The van der Waals surface area contributed by atoms with E-state index in [1.807, 2.05) is 43.4 Å². The van der Waals surface area contributed by atoms with Crippen LogP contribution in [0.4, 0.5) is 5.69 Å². The maximum absolute atomic E-state index is 12.5. The summed E-state index contributed by atoms with van der Waals surface area (Å²) in [6, 6.07) is 11.3. The average molecular weight is 266 g/mol. The van der Waals surface area contributed by atoms with Crippen LogP contribution in [0.2, 0.25) is 0 Å². The van der Waals surface area contributed by atoms with Crippen molar-refractivity contribution in [3.8, 4) is 0 Å². The van der Waals surface area contributed by atoms with Crippen molar-refractivity contribution in [2.75, 3.05) is 18.5 Å². The van der Waals surface area contributed by atoms with Crippen LogP contribution in [0.1, 0.15) is 35.5 Å². The number of anilines is 1. The van der Waals surface area contributed by atoms with Crippen molar-refractivity contribution in [2.24, 2.45) is 0 Å². The molecule has 0 unspecified atom stereocenters. The fourth-order valence-electron chi connectivity index (χ4n) is 2.90. The lowest BCUT2D eigenvalue weighted by Gasteiger charge is -2.17. The molecule has 2 aromatic rings. The fourth-order valence-corrected chi connectivity index (χ4v) is 2.90. The van der Waals surface area contributed by atoms with Gasteiger partial charge in [-0.05, 0) is 6.07 Å². The van der Waals surface area contributed by atoms with E-state index >= 15 is 0 Å². The Bertz CT molecular complexity index is 662. The molecule has 1 aliphatic heterocycles. The molecule has 1 aromatic heterocycles. The van der Waals surface area contributed by atoms with Gasteiger partial charge in [-0.25, -0.2) is 0 Å². The van der Waals surface area contributed by atoms with Crippen LogP contribution in [0.5, 0.6) is 0 Å². The number of carbonyl (C=O) groups is 1. The number of aromatic nitrogens is 1. The first-order valence-electron chi connectivity index (χ1n) is 6.80. The highest BCUT2D eigenvalue weighted by atomic mass is 16.1. The summed E-state index contributed by atoms with van der Waals surface area (Å²) in [5.74, 6) is 0.0269. The second-order valence-corrected chi connectivity index (χ2v) is 6.03. The number of benzene rings is 1. The van der Waals surface area contributed by atoms with Crippen molar-refractivity contribution in [1.82, 2.24) is 4.98 Å². The molecule has 0 radical (unpaired) electrons. The highest BCUT2D eigenvalue weighted by Gasteiger charge is 2.35. The van der Waals surface area contributed by atoms with Crippen molar-refractivity contribution < 1.29 is 4.79 Å².